The molecule has 0 unspecified atom stereocenters. The van der Waals surface area contributed by atoms with Crippen molar-refractivity contribution in [2.45, 2.75) is 65.8 Å². The van der Waals surface area contributed by atoms with Crippen LogP contribution in [0.15, 0.2) is 30.9 Å². The van der Waals surface area contributed by atoms with Gasteiger partial charge in [0, 0.05) is 25.0 Å². The summed E-state index contributed by atoms with van der Waals surface area (Å²) in [6, 6.07) is 4.01. The number of hydrogen-bond donors (Lipinski definition) is 3. The Balaban J connectivity index is 1.95. The number of fused-ring (bicyclic) bond motifs is 1. The lowest BCUT2D eigenvalue weighted by molar-refractivity contribution is 0.103. The average Bonchev–Trinajstić information content (AvgIpc) is 3.14. The molecule has 3 rings (SSSR count). The molecular formula is C21H31N7O. The smallest absolute Gasteiger partial charge is 0.227 e. The van der Waals surface area contributed by atoms with Crippen LogP contribution in [0.5, 0.6) is 0 Å². The lowest BCUT2D eigenvalue weighted by Crippen LogP contribution is -2.37. The minimum absolute atomic E-state index is 0.131. The summed E-state index contributed by atoms with van der Waals surface area (Å²) in [6.45, 7) is 10.8. The van der Waals surface area contributed by atoms with E-state index in [1.54, 1.807) is 12.5 Å². The summed E-state index contributed by atoms with van der Waals surface area (Å²) >= 11 is 0. The second kappa shape index (κ2) is 9.17. The van der Waals surface area contributed by atoms with Crippen molar-refractivity contribution in [2.75, 3.05) is 10.6 Å². The highest BCUT2D eigenvalue weighted by atomic mass is 16.3. The number of nitrogens with zero attached hydrogens (tertiary/aromatic N) is 5. The van der Waals surface area contributed by atoms with Gasteiger partial charge in [-0.05, 0) is 37.8 Å². The van der Waals surface area contributed by atoms with Gasteiger partial charge in [0.2, 0.25) is 5.95 Å². The van der Waals surface area contributed by atoms with Crippen LogP contribution in [0.25, 0.3) is 11.2 Å². The van der Waals surface area contributed by atoms with Crippen LogP contribution in [0.3, 0.4) is 0 Å². The second-order valence-electron chi connectivity index (χ2n) is 7.92. The number of aliphatic hydroxyl groups excluding tert-OH is 1. The van der Waals surface area contributed by atoms with Gasteiger partial charge in [0.25, 0.3) is 0 Å². The molecule has 0 saturated carbocycles. The summed E-state index contributed by atoms with van der Waals surface area (Å²) in [5, 5.41) is 17.2. The van der Waals surface area contributed by atoms with Gasteiger partial charge in [0.05, 0.1) is 18.5 Å². The summed E-state index contributed by atoms with van der Waals surface area (Å²) in [5.41, 5.74) is 2.55. The second-order valence-corrected chi connectivity index (χ2v) is 7.92. The predicted octanol–water partition coefficient (Wildman–Crippen LogP) is 3.62. The van der Waals surface area contributed by atoms with Crippen molar-refractivity contribution in [3.8, 4) is 0 Å². The Morgan fingerprint density at radius 3 is 2.59 bits per heavy atom. The number of rotatable bonds is 9. The van der Waals surface area contributed by atoms with Gasteiger partial charge < -0.3 is 20.3 Å². The van der Waals surface area contributed by atoms with E-state index in [9.17, 15) is 5.11 Å². The maximum Gasteiger partial charge on any atom is 0.227 e. The molecule has 0 amide bonds. The minimum atomic E-state index is -0.485. The molecule has 0 bridgehead atoms. The van der Waals surface area contributed by atoms with Crippen LogP contribution in [0.1, 0.15) is 52.6 Å². The number of nitrogens with one attached hydrogen (secondary N) is 2. The highest BCUT2D eigenvalue weighted by Gasteiger charge is 2.23. The van der Waals surface area contributed by atoms with Crippen LogP contribution in [-0.2, 0) is 6.54 Å². The molecule has 3 N–H and O–H groups in total. The van der Waals surface area contributed by atoms with Gasteiger partial charge >= 0.3 is 0 Å². The first-order chi connectivity index (χ1) is 13.9. The fourth-order valence-electron chi connectivity index (χ4n) is 3.23. The number of pyridine rings is 1. The van der Waals surface area contributed by atoms with Gasteiger partial charge in [-0.2, -0.15) is 9.97 Å². The minimum Gasteiger partial charge on any atom is -0.391 e. The van der Waals surface area contributed by atoms with Crippen molar-refractivity contribution in [1.29, 1.82) is 0 Å². The van der Waals surface area contributed by atoms with Crippen molar-refractivity contribution in [1.82, 2.24) is 24.5 Å². The third-order valence-electron chi connectivity index (χ3n) is 5.01. The van der Waals surface area contributed by atoms with Crippen molar-refractivity contribution >= 4 is 22.9 Å². The highest BCUT2D eigenvalue weighted by Crippen LogP contribution is 2.25. The molecule has 0 aromatic carbocycles. The molecule has 0 radical (unpaired) electrons. The quantitative estimate of drug-likeness (QED) is 0.507. The normalized spacial score (nSPS) is 13.8. The first kappa shape index (κ1) is 21.0. The van der Waals surface area contributed by atoms with E-state index in [2.05, 4.69) is 39.4 Å². The fourth-order valence-corrected chi connectivity index (χ4v) is 3.23. The first-order valence-electron chi connectivity index (χ1n) is 10.2. The zero-order valence-corrected chi connectivity index (χ0v) is 17.8. The zero-order valence-electron chi connectivity index (χ0n) is 17.8. The van der Waals surface area contributed by atoms with Crippen LogP contribution in [0, 0.1) is 5.92 Å². The molecule has 0 fully saturated rings. The van der Waals surface area contributed by atoms with Crippen LogP contribution < -0.4 is 10.6 Å². The summed E-state index contributed by atoms with van der Waals surface area (Å²) in [5.74, 6) is 1.29. The molecule has 3 heterocycles. The van der Waals surface area contributed by atoms with Gasteiger partial charge in [0.15, 0.2) is 17.0 Å². The van der Waals surface area contributed by atoms with E-state index in [0.717, 1.165) is 23.1 Å². The van der Waals surface area contributed by atoms with Crippen molar-refractivity contribution in [2.24, 2.45) is 5.92 Å². The van der Waals surface area contributed by atoms with E-state index in [0.29, 0.717) is 18.3 Å². The number of hydrogen-bond acceptors (Lipinski definition) is 7. The molecule has 0 aliphatic carbocycles. The Labute approximate surface area is 171 Å². The van der Waals surface area contributed by atoms with Crippen molar-refractivity contribution in [3.05, 3.63) is 36.4 Å². The Morgan fingerprint density at radius 2 is 1.97 bits per heavy atom. The molecular weight excluding hydrogens is 366 g/mol. The fraction of sp³-hybridized carbons (Fsp3) is 0.524. The molecule has 156 valence electrons. The predicted molar refractivity (Wildman–Crippen MR) is 116 cm³/mol. The summed E-state index contributed by atoms with van der Waals surface area (Å²) in [6.07, 6.45) is 5.65. The Bertz CT molecular complexity index is 923. The Hall–Kier alpha value is -2.74. The molecule has 29 heavy (non-hydrogen) atoms. The van der Waals surface area contributed by atoms with Gasteiger partial charge in [-0.3, -0.25) is 4.98 Å². The molecule has 0 aliphatic rings. The highest BCUT2D eigenvalue weighted by molar-refractivity contribution is 5.84. The van der Waals surface area contributed by atoms with Gasteiger partial charge in [-0.15, -0.1) is 0 Å². The van der Waals surface area contributed by atoms with E-state index >= 15 is 0 Å². The van der Waals surface area contributed by atoms with E-state index in [-0.39, 0.29) is 18.0 Å². The third-order valence-corrected chi connectivity index (χ3v) is 5.01. The van der Waals surface area contributed by atoms with Gasteiger partial charge in [-0.25, -0.2) is 4.98 Å². The van der Waals surface area contributed by atoms with Gasteiger partial charge in [0.1, 0.15) is 0 Å². The first-order valence-corrected chi connectivity index (χ1v) is 10.2. The van der Waals surface area contributed by atoms with Crippen LogP contribution in [0.4, 0.5) is 11.8 Å². The van der Waals surface area contributed by atoms with Gasteiger partial charge in [-0.1, -0.05) is 26.8 Å². The van der Waals surface area contributed by atoms with Crippen molar-refractivity contribution < 1.29 is 5.11 Å². The number of aromatic nitrogens is 5. The van der Waals surface area contributed by atoms with E-state index in [1.165, 1.54) is 0 Å². The monoisotopic (exact) mass is 397 g/mol. The average molecular weight is 398 g/mol. The maximum absolute atomic E-state index is 10.5. The maximum atomic E-state index is 10.5. The zero-order chi connectivity index (χ0) is 21.0. The standard InChI is InChI=1S/C21H31N7O/c1-6-16(18(29)13(2)3)25-21-26-19(23-11-15-8-7-9-22-10-15)17-20(27-21)28(12-24-17)14(4)5/h7-10,12-14,16,18,29H,6,11H2,1-5H3,(H2,23,25,26,27)/t16-,18+/m0/s1. The molecule has 0 saturated heterocycles. The summed E-state index contributed by atoms with van der Waals surface area (Å²) < 4.78 is 2.03. The number of aliphatic hydroxyl groups is 1. The van der Waals surface area contributed by atoms with E-state index in [1.807, 2.05) is 43.7 Å². The molecule has 8 nitrogen and oxygen atoms in total. The molecule has 8 heteroatoms. The number of imidazole rings is 1. The topological polar surface area (TPSA) is 101 Å². The van der Waals surface area contributed by atoms with Crippen LogP contribution in [0.2, 0.25) is 0 Å². The largest absolute Gasteiger partial charge is 0.391 e. The summed E-state index contributed by atoms with van der Waals surface area (Å²) in [7, 11) is 0. The summed E-state index contributed by atoms with van der Waals surface area (Å²) in [4.78, 5) is 18.1. The Kier molecular flexibility index (Phi) is 6.64. The van der Waals surface area contributed by atoms with Crippen LogP contribution in [-0.4, -0.2) is 41.8 Å². The SMILES string of the molecule is CC[C@H](Nc1nc(NCc2cccnc2)c2ncn(C(C)C)c2n1)[C@H](O)C(C)C. The lowest BCUT2D eigenvalue weighted by atomic mass is 9.98. The molecule has 0 spiro atoms. The molecule has 3 aromatic rings. The molecule has 2 atom stereocenters. The molecule has 3 aromatic heterocycles. The van der Waals surface area contributed by atoms with Crippen LogP contribution >= 0.6 is 0 Å². The molecule has 0 aliphatic heterocycles. The lowest BCUT2D eigenvalue weighted by Gasteiger charge is -2.26. The van der Waals surface area contributed by atoms with E-state index in [4.69, 9.17) is 4.98 Å². The van der Waals surface area contributed by atoms with Crippen molar-refractivity contribution in [3.63, 3.8) is 0 Å². The van der Waals surface area contributed by atoms with E-state index < -0.39 is 6.10 Å². The number of anilines is 2. The third kappa shape index (κ3) is 4.82. The Morgan fingerprint density at radius 1 is 1.17 bits per heavy atom.